The molecule has 0 spiro atoms. The minimum atomic E-state index is -0.900. The van der Waals surface area contributed by atoms with Crippen molar-refractivity contribution in [3.05, 3.63) is 59.7 Å². The van der Waals surface area contributed by atoms with Gasteiger partial charge in [0.1, 0.15) is 24.0 Å². The van der Waals surface area contributed by atoms with Gasteiger partial charge in [-0.3, -0.25) is 0 Å². The topological polar surface area (TPSA) is 94.9 Å². The van der Waals surface area contributed by atoms with Gasteiger partial charge in [0, 0.05) is 0 Å². The van der Waals surface area contributed by atoms with E-state index >= 15 is 0 Å². The van der Waals surface area contributed by atoms with E-state index in [2.05, 4.69) is 0 Å². The first-order valence-corrected chi connectivity index (χ1v) is 8.60. The minimum absolute atomic E-state index is 0.0386. The van der Waals surface area contributed by atoms with Crippen molar-refractivity contribution in [2.75, 3.05) is 13.2 Å². The van der Waals surface area contributed by atoms with Crippen molar-refractivity contribution in [1.29, 1.82) is 5.26 Å². The van der Waals surface area contributed by atoms with E-state index in [1.807, 2.05) is 6.07 Å². The zero-order chi connectivity index (χ0) is 19.9. The average molecular weight is 379 g/mol. The molecule has 142 valence electrons. The molecule has 28 heavy (non-hydrogen) atoms. The molecule has 0 N–H and O–H groups in total. The van der Waals surface area contributed by atoms with E-state index in [0.717, 1.165) is 0 Å². The number of esters is 2. The van der Waals surface area contributed by atoms with Crippen LogP contribution in [0.3, 0.4) is 0 Å². The number of para-hydroxylation sites is 2. The third kappa shape index (κ3) is 4.48. The van der Waals surface area contributed by atoms with Gasteiger partial charge < -0.3 is 18.9 Å². The molecule has 0 bridgehead atoms. The lowest BCUT2D eigenvalue weighted by Crippen LogP contribution is -2.39. The largest absolute Gasteiger partial charge is 0.485 e. The molecule has 0 fully saturated rings. The highest BCUT2D eigenvalue weighted by molar-refractivity contribution is 5.97. The van der Waals surface area contributed by atoms with Gasteiger partial charge in [-0.1, -0.05) is 24.3 Å². The standard InChI is InChI=1S/C21H17NO6/c1-2-25-20(23)15(12-22)10-14-6-5-7-16(11-14)27-21(24)19-13-26-17-8-3-4-9-18(17)28-19/h3-11,19H,2,13H2,1H3/b15-10+. The number of carbonyl (C=O) groups is 2. The van der Waals surface area contributed by atoms with Crippen molar-refractivity contribution < 1.29 is 28.5 Å². The third-order valence-corrected chi connectivity index (χ3v) is 3.77. The molecule has 0 saturated heterocycles. The van der Waals surface area contributed by atoms with E-state index in [4.69, 9.17) is 24.2 Å². The van der Waals surface area contributed by atoms with E-state index in [1.165, 1.54) is 12.1 Å². The monoisotopic (exact) mass is 379 g/mol. The van der Waals surface area contributed by atoms with Crippen LogP contribution in [0.4, 0.5) is 0 Å². The van der Waals surface area contributed by atoms with Crippen LogP contribution in [0, 0.1) is 11.3 Å². The summed E-state index contributed by atoms with van der Waals surface area (Å²) in [6.45, 7) is 1.86. The number of ether oxygens (including phenoxy) is 4. The molecular formula is C21H17NO6. The average Bonchev–Trinajstić information content (AvgIpc) is 2.72. The van der Waals surface area contributed by atoms with Crippen LogP contribution in [0.5, 0.6) is 17.2 Å². The Morgan fingerprint density at radius 1 is 1.21 bits per heavy atom. The number of nitriles is 1. The summed E-state index contributed by atoms with van der Waals surface area (Å²) < 4.78 is 21.3. The van der Waals surface area contributed by atoms with Crippen LogP contribution >= 0.6 is 0 Å². The van der Waals surface area contributed by atoms with Crippen molar-refractivity contribution in [1.82, 2.24) is 0 Å². The van der Waals surface area contributed by atoms with Gasteiger partial charge in [0.05, 0.1) is 6.61 Å². The number of hydrogen-bond donors (Lipinski definition) is 0. The Morgan fingerprint density at radius 3 is 2.75 bits per heavy atom. The molecule has 0 aliphatic carbocycles. The summed E-state index contributed by atoms with van der Waals surface area (Å²) in [5.41, 5.74) is 0.368. The first-order valence-electron chi connectivity index (χ1n) is 8.60. The fourth-order valence-electron chi connectivity index (χ4n) is 2.50. The Labute approximate surface area is 161 Å². The minimum Gasteiger partial charge on any atom is -0.485 e. The van der Waals surface area contributed by atoms with Crippen molar-refractivity contribution >= 4 is 18.0 Å². The molecule has 7 heteroatoms. The van der Waals surface area contributed by atoms with Crippen molar-refractivity contribution in [2.45, 2.75) is 13.0 Å². The first-order chi connectivity index (χ1) is 13.6. The summed E-state index contributed by atoms with van der Waals surface area (Å²) in [7, 11) is 0. The van der Waals surface area contributed by atoms with Gasteiger partial charge in [-0.2, -0.15) is 5.26 Å². The van der Waals surface area contributed by atoms with Gasteiger partial charge in [-0.15, -0.1) is 0 Å². The molecule has 0 radical (unpaired) electrons. The van der Waals surface area contributed by atoms with Crippen LogP contribution in [0.15, 0.2) is 54.1 Å². The van der Waals surface area contributed by atoms with E-state index in [1.54, 1.807) is 49.4 Å². The maximum atomic E-state index is 12.4. The Morgan fingerprint density at radius 2 is 2.00 bits per heavy atom. The van der Waals surface area contributed by atoms with E-state index in [0.29, 0.717) is 17.1 Å². The molecule has 7 nitrogen and oxygen atoms in total. The van der Waals surface area contributed by atoms with Gasteiger partial charge >= 0.3 is 11.9 Å². The number of fused-ring (bicyclic) bond motifs is 1. The number of hydrogen-bond acceptors (Lipinski definition) is 7. The van der Waals surface area contributed by atoms with E-state index in [-0.39, 0.29) is 24.5 Å². The van der Waals surface area contributed by atoms with Crippen LogP contribution in [0.1, 0.15) is 12.5 Å². The normalized spacial score (nSPS) is 15.3. The van der Waals surface area contributed by atoms with Gasteiger partial charge in [0.25, 0.3) is 0 Å². The van der Waals surface area contributed by atoms with Crippen molar-refractivity contribution in [3.63, 3.8) is 0 Å². The molecule has 1 aliphatic rings. The Bertz CT molecular complexity index is 959. The van der Waals surface area contributed by atoms with Gasteiger partial charge in [0.15, 0.2) is 11.5 Å². The van der Waals surface area contributed by atoms with Crippen LogP contribution < -0.4 is 14.2 Å². The van der Waals surface area contributed by atoms with Crippen LogP contribution in [0.2, 0.25) is 0 Å². The molecule has 3 rings (SSSR count). The highest BCUT2D eigenvalue weighted by Crippen LogP contribution is 2.31. The molecule has 2 aromatic rings. The van der Waals surface area contributed by atoms with E-state index in [9.17, 15) is 9.59 Å². The maximum Gasteiger partial charge on any atom is 0.356 e. The van der Waals surface area contributed by atoms with Crippen molar-refractivity contribution in [3.8, 4) is 23.3 Å². The van der Waals surface area contributed by atoms with Gasteiger partial charge in [-0.25, -0.2) is 9.59 Å². The summed E-state index contributed by atoms with van der Waals surface area (Å²) in [5.74, 6) is -0.0233. The Hall–Kier alpha value is -3.79. The molecule has 1 atom stereocenters. The molecule has 2 aromatic carbocycles. The lowest BCUT2D eigenvalue weighted by Gasteiger charge is -2.24. The highest BCUT2D eigenvalue weighted by Gasteiger charge is 2.29. The zero-order valence-electron chi connectivity index (χ0n) is 15.1. The summed E-state index contributed by atoms with van der Waals surface area (Å²) in [4.78, 5) is 24.1. The Kier molecular flexibility index (Phi) is 5.92. The summed E-state index contributed by atoms with van der Waals surface area (Å²) >= 11 is 0. The van der Waals surface area contributed by atoms with E-state index < -0.39 is 18.0 Å². The molecule has 1 aliphatic heterocycles. The van der Waals surface area contributed by atoms with Crippen LogP contribution in [0.25, 0.3) is 6.08 Å². The first kappa shape index (κ1) is 19.0. The smallest absolute Gasteiger partial charge is 0.356 e. The van der Waals surface area contributed by atoms with Gasteiger partial charge in [-0.05, 0) is 42.8 Å². The molecule has 0 amide bonds. The van der Waals surface area contributed by atoms with Crippen LogP contribution in [-0.2, 0) is 14.3 Å². The summed E-state index contributed by atoms with van der Waals surface area (Å²) in [5, 5.41) is 9.11. The zero-order valence-corrected chi connectivity index (χ0v) is 15.1. The second-order valence-electron chi connectivity index (χ2n) is 5.75. The molecule has 1 unspecified atom stereocenters. The second kappa shape index (κ2) is 8.73. The predicted octanol–water partition coefficient (Wildman–Crippen LogP) is 2.90. The molecule has 1 heterocycles. The number of carbonyl (C=O) groups excluding carboxylic acids is 2. The molecular weight excluding hydrogens is 362 g/mol. The fourth-order valence-corrected chi connectivity index (χ4v) is 2.50. The highest BCUT2D eigenvalue weighted by atomic mass is 16.6. The number of benzene rings is 2. The predicted molar refractivity (Wildman–Crippen MR) is 98.7 cm³/mol. The Balaban J connectivity index is 1.70. The second-order valence-corrected chi connectivity index (χ2v) is 5.75. The number of nitrogens with zero attached hydrogens (tertiary/aromatic N) is 1. The number of rotatable bonds is 5. The van der Waals surface area contributed by atoms with Crippen molar-refractivity contribution in [2.24, 2.45) is 0 Å². The van der Waals surface area contributed by atoms with Crippen LogP contribution in [-0.4, -0.2) is 31.3 Å². The SMILES string of the molecule is CCOC(=O)/C(C#N)=C/c1cccc(OC(=O)C2COc3ccccc3O2)c1. The lowest BCUT2D eigenvalue weighted by molar-refractivity contribution is -0.144. The molecule has 0 saturated carbocycles. The quantitative estimate of drug-likeness (QED) is 0.341. The fraction of sp³-hybridized carbons (Fsp3) is 0.190. The molecule has 0 aromatic heterocycles. The summed E-state index contributed by atoms with van der Waals surface area (Å²) in [6.07, 6.45) is 0.467. The van der Waals surface area contributed by atoms with Gasteiger partial charge in [0.2, 0.25) is 6.10 Å². The summed E-state index contributed by atoms with van der Waals surface area (Å²) in [6, 6.07) is 15.3. The lowest BCUT2D eigenvalue weighted by atomic mass is 10.1. The third-order valence-electron chi connectivity index (χ3n) is 3.77. The maximum absolute atomic E-state index is 12.4.